The third-order valence-corrected chi connectivity index (χ3v) is 3.35. The first-order chi connectivity index (χ1) is 9.99. The molecule has 0 aliphatic rings. The summed E-state index contributed by atoms with van der Waals surface area (Å²) in [5.41, 5.74) is 0.700. The highest BCUT2D eigenvalue weighted by atomic mass is 16.4. The molecular formula is C16H26N2O3. The standard InChI is InChI=1S/C16H26N2O3/c1-5-8-18(9-6-2)10-7-17-16(20)15-12(3)11-14(19)21-13(15)4/h11H,5-10H2,1-4H3,(H,17,20). The number of nitrogens with zero attached hydrogens (tertiary/aromatic N) is 1. The third-order valence-electron chi connectivity index (χ3n) is 3.35. The molecule has 1 rings (SSSR count). The van der Waals surface area contributed by atoms with Crippen molar-refractivity contribution in [3.8, 4) is 0 Å². The zero-order chi connectivity index (χ0) is 15.8. The SMILES string of the molecule is CCCN(CCC)CCNC(=O)c1c(C)cc(=O)oc1C. The van der Waals surface area contributed by atoms with Crippen LogP contribution >= 0.6 is 0 Å². The predicted octanol–water partition coefficient (Wildman–Crippen LogP) is 2.11. The summed E-state index contributed by atoms with van der Waals surface area (Å²) >= 11 is 0. The maximum Gasteiger partial charge on any atom is 0.336 e. The van der Waals surface area contributed by atoms with Crippen LogP contribution in [0.4, 0.5) is 0 Å². The zero-order valence-electron chi connectivity index (χ0n) is 13.5. The van der Waals surface area contributed by atoms with Crippen molar-refractivity contribution < 1.29 is 9.21 Å². The fourth-order valence-corrected chi connectivity index (χ4v) is 2.48. The van der Waals surface area contributed by atoms with E-state index in [2.05, 4.69) is 24.1 Å². The lowest BCUT2D eigenvalue weighted by atomic mass is 10.1. The van der Waals surface area contributed by atoms with Crippen LogP contribution in [0.5, 0.6) is 0 Å². The van der Waals surface area contributed by atoms with Crippen LogP contribution in [-0.4, -0.2) is 37.0 Å². The van der Waals surface area contributed by atoms with E-state index in [1.165, 1.54) is 6.07 Å². The third kappa shape index (κ3) is 5.34. The van der Waals surface area contributed by atoms with Crippen molar-refractivity contribution in [3.63, 3.8) is 0 Å². The van der Waals surface area contributed by atoms with Gasteiger partial charge in [0.25, 0.3) is 5.91 Å². The monoisotopic (exact) mass is 294 g/mol. The Morgan fingerprint density at radius 1 is 1.19 bits per heavy atom. The summed E-state index contributed by atoms with van der Waals surface area (Å²) in [6, 6.07) is 1.35. The van der Waals surface area contributed by atoms with Crippen LogP contribution in [0, 0.1) is 13.8 Å². The summed E-state index contributed by atoms with van der Waals surface area (Å²) in [5.74, 6) is 0.193. The van der Waals surface area contributed by atoms with E-state index in [9.17, 15) is 9.59 Å². The molecule has 1 aromatic heterocycles. The molecule has 118 valence electrons. The highest BCUT2D eigenvalue weighted by molar-refractivity contribution is 5.96. The second kappa shape index (κ2) is 8.62. The van der Waals surface area contributed by atoms with Crippen LogP contribution in [0.2, 0.25) is 0 Å². The zero-order valence-corrected chi connectivity index (χ0v) is 13.5. The summed E-state index contributed by atoms with van der Waals surface area (Å²) in [7, 11) is 0. The van der Waals surface area contributed by atoms with Gasteiger partial charge in [0, 0.05) is 19.2 Å². The van der Waals surface area contributed by atoms with Crippen LogP contribution in [-0.2, 0) is 0 Å². The minimum absolute atomic E-state index is 0.179. The van der Waals surface area contributed by atoms with Gasteiger partial charge in [-0.2, -0.15) is 0 Å². The van der Waals surface area contributed by atoms with Crippen LogP contribution in [0.15, 0.2) is 15.3 Å². The Kier molecular flexibility index (Phi) is 7.15. The molecule has 5 heteroatoms. The maximum absolute atomic E-state index is 12.2. The Labute approximate surface area is 126 Å². The average Bonchev–Trinajstić information content (AvgIpc) is 2.37. The lowest BCUT2D eigenvalue weighted by Gasteiger charge is -2.21. The van der Waals surface area contributed by atoms with Crippen molar-refractivity contribution in [2.24, 2.45) is 0 Å². The van der Waals surface area contributed by atoms with E-state index < -0.39 is 5.63 Å². The van der Waals surface area contributed by atoms with E-state index in [0.717, 1.165) is 32.5 Å². The highest BCUT2D eigenvalue weighted by Gasteiger charge is 2.15. The number of hydrogen-bond acceptors (Lipinski definition) is 4. The Morgan fingerprint density at radius 2 is 1.81 bits per heavy atom. The van der Waals surface area contributed by atoms with Gasteiger partial charge >= 0.3 is 5.63 Å². The smallest absolute Gasteiger partial charge is 0.336 e. The summed E-state index contributed by atoms with van der Waals surface area (Å²) in [6.07, 6.45) is 2.21. The van der Waals surface area contributed by atoms with Crippen molar-refractivity contribution in [2.75, 3.05) is 26.2 Å². The van der Waals surface area contributed by atoms with Crippen LogP contribution in [0.3, 0.4) is 0 Å². The summed E-state index contributed by atoms with van der Waals surface area (Å²) in [4.78, 5) is 25.8. The molecule has 0 aromatic carbocycles. The molecule has 1 heterocycles. The first kappa shape index (κ1) is 17.4. The van der Waals surface area contributed by atoms with Gasteiger partial charge in [-0.1, -0.05) is 13.8 Å². The molecule has 0 radical (unpaired) electrons. The van der Waals surface area contributed by atoms with Gasteiger partial charge in [0.05, 0.1) is 5.56 Å². The van der Waals surface area contributed by atoms with Crippen molar-refractivity contribution in [3.05, 3.63) is 33.4 Å². The molecule has 0 aliphatic carbocycles. The van der Waals surface area contributed by atoms with Gasteiger partial charge in [0.15, 0.2) is 0 Å². The number of nitrogens with one attached hydrogen (secondary N) is 1. The largest absolute Gasteiger partial charge is 0.427 e. The van der Waals surface area contributed by atoms with Gasteiger partial charge in [0.1, 0.15) is 5.76 Å². The molecule has 0 saturated heterocycles. The lowest BCUT2D eigenvalue weighted by Crippen LogP contribution is -2.36. The summed E-state index contributed by atoms with van der Waals surface area (Å²) in [6.45, 7) is 11.2. The molecule has 1 aromatic rings. The fraction of sp³-hybridized carbons (Fsp3) is 0.625. The minimum atomic E-state index is -0.418. The van der Waals surface area contributed by atoms with Crippen molar-refractivity contribution in [1.82, 2.24) is 10.2 Å². The average molecular weight is 294 g/mol. The highest BCUT2D eigenvalue weighted by Crippen LogP contribution is 2.10. The molecule has 0 atom stereocenters. The Bertz CT molecular complexity index is 490. The maximum atomic E-state index is 12.2. The Morgan fingerprint density at radius 3 is 2.33 bits per heavy atom. The van der Waals surface area contributed by atoms with E-state index in [0.29, 0.717) is 23.4 Å². The molecule has 0 unspecified atom stereocenters. The number of carbonyl (C=O) groups is 1. The molecular weight excluding hydrogens is 268 g/mol. The van der Waals surface area contributed by atoms with Gasteiger partial charge in [-0.3, -0.25) is 4.79 Å². The quantitative estimate of drug-likeness (QED) is 0.797. The Balaban J connectivity index is 2.60. The molecule has 21 heavy (non-hydrogen) atoms. The summed E-state index contributed by atoms with van der Waals surface area (Å²) in [5, 5.41) is 2.90. The van der Waals surface area contributed by atoms with Crippen molar-refractivity contribution in [1.29, 1.82) is 0 Å². The second-order valence-corrected chi connectivity index (χ2v) is 5.28. The predicted molar refractivity (Wildman–Crippen MR) is 83.8 cm³/mol. The van der Waals surface area contributed by atoms with Gasteiger partial charge < -0.3 is 14.6 Å². The lowest BCUT2D eigenvalue weighted by molar-refractivity contribution is 0.0944. The first-order valence-corrected chi connectivity index (χ1v) is 7.61. The second-order valence-electron chi connectivity index (χ2n) is 5.28. The Hall–Kier alpha value is -1.62. The van der Waals surface area contributed by atoms with E-state index in [4.69, 9.17) is 4.42 Å². The van der Waals surface area contributed by atoms with Crippen LogP contribution in [0.1, 0.15) is 48.4 Å². The van der Waals surface area contributed by atoms with Gasteiger partial charge in [-0.05, 0) is 45.3 Å². The number of hydrogen-bond donors (Lipinski definition) is 1. The molecule has 1 amide bonds. The van der Waals surface area contributed by atoms with Gasteiger partial charge in [-0.15, -0.1) is 0 Å². The molecule has 0 fully saturated rings. The number of rotatable bonds is 8. The number of aryl methyl sites for hydroxylation is 2. The van der Waals surface area contributed by atoms with E-state index in [1.807, 2.05) is 0 Å². The first-order valence-electron chi connectivity index (χ1n) is 7.61. The van der Waals surface area contributed by atoms with Crippen LogP contribution < -0.4 is 10.9 Å². The molecule has 0 aliphatic heterocycles. The molecule has 1 N–H and O–H groups in total. The van der Waals surface area contributed by atoms with Crippen molar-refractivity contribution >= 4 is 5.91 Å². The van der Waals surface area contributed by atoms with Gasteiger partial charge in [-0.25, -0.2) is 4.79 Å². The van der Waals surface area contributed by atoms with Gasteiger partial charge in [0.2, 0.25) is 0 Å². The van der Waals surface area contributed by atoms with E-state index >= 15 is 0 Å². The van der Waals surface area contributed by atoms with E-state index in [1.54, 1.807) is 13.8 Å². The topological polar surface area (TPSA) is 62.6 Å². The van der Waals surface area contributed by atoms with Crippen LogP contribution in [0.25, 0.3) is 0 Å². The van der Waals surface area contributed by atoms with Crippen molar-refractivity contribution in [2.45, 2.75) is 40.5 Å². The molecule has 0 saturated carbocycles. The van der Waals surface area contributed by atoms with E-state index in [-0.39, 0.29) is 5.91 Å². The fourth-order valence-electron chi connectivity index (χ4n) is 2.48. The number of carbonyl (C=O) groups excluding carboxylic acids is 1. The normalized spacial score (nSPS) is 10.9. The molecule has 0 spiro atoms. The number of amides is 1. The summed E-state index contributed by atoms with van der Waals surface area (Å²) < 4.78 is 4.99. The molecule has 0 bridgehead atoms. The minimum Gasteiger partial charge on any atom is -0.427 e. The molecule has 5 nitrogen and oxygen atoms in total.